The number of fused-ring (bicyclic) bond motifs is 3. The molecule has 5 heteroatoms. The van der Waals surface area contributed by atoms with Crippen LogP contribution in [-0.2, 0) is 5.60 Å². The van der Waals surface area contributed by atoms with E-state index in [-0.39, 0.29) is 5.56 Å². The van der Waals surface area contributed by atoms with Crippen molar-refractivity contribution in [1.29, 1.82) is 0 Å². The second-order valence-corrected chi connectivity index (χ2v) is 8.36. The normalized spacial score (nSPS) is 14.7. The van der Waals surface area contributed by atoms with Crippen molar-refractivity contribution in [2.75, 3.05) is 0 Å². The van der Waals surface area contributed by atoms with Gasteiger partial charge in [-0.25, -0.2) is 0 Å². The van der Waals surface area contributed by atoms with Crippen molar-refractivity contribution in [2.24, 2.45) is 0 Å². The lowest BCUT2D eigenvalue weighted by Gasteiger charge is -2.26. The van der Waals surface area contributed by atoms with Crippen molar-refractivity contribution in [3.63, 3.8) is 0 Å². The molecule has 1 nitrogen and oxygen atoms in total. The summed E-state index contributed by atoms with van der Waals surface area (Å²) in [7, 11) is -0.491. The van der Waals surface area contributed by atoms with Crippen LogP contribution in [0.1, 0.15) is 12.5 Å². The molecule has 1 N–H and O–H groups in total. The lowest BCUT2D eigenvalue weighted by atomic mass is 9.96. The summed E-state index contributed by atoms with van der Waals surface area (Å²) in [6, 6.07) is 22.2. The third-order valence-electron chi connectivity index (χ3n) is 4.69. The first-order valence-electron chi connectivity index (χ1n) is 8.13. The van der Waals surface area contributed by atoms with Crippen LogP contribution < -0.4 is 0 Å². The van der Waals surface area contributed by atoms with Crippen LogP contribution >= 0.6 is 10.5 Å². The maximum absolute atomic E-state index is 13.3. The molecule has 0 radical (unpaired) electrons. The van der Waals surface area contributed by atoms with Crippen molar-refractivity contribution in [2.45, 2.75) is 18.7 Å². The Bertz CT molecular complexity index is 1060. The molecule has 0 fully saturated rings. The monoisotopic (exact) mass is 373 g/mol. The predicted molar refractivity (Wildman–Crippen MR) is 101 cm³/mol. The molecule has 0 saturated carbocycles. The quantitative estimate of drug-likeness (QED) is 0.398. The second kappa shape index (κ2) is 5.83. The van der Waals surface area contributed by atoms with E-state index in [0.717, 1.165) is 32.0 Å². The fourth-order valence-electron chi connectivity index (χ4n) is 3.20. The van der Waals surface area contributed by atoms with Gasteiger partial charge < -0.3 is 5.11 Å². The van der Waals surface area contributed by atoms with Gasteiger partial charge in [0.25, 0.3) is 0 Å². The minimum absolute atomic E-state index is 0.142. The molecule has 0 aliphatic heterocycles. The molecule has 1 heterocycles. The highest BCUT2D eigenvalue weighted by atomic mass is 32.2. The Morgan fingerprint density at radius 1 is 0.769 bits per heavy atom. The van der Waals surface area contributed by atoms with Gasteiger partial charge >= 0.3 is 6.18 Å². The van der Waals surface area contributed by atoms with Crippen LogP contribution in [0.2, 0.25) is 0 Å². The van der Waals surface area contributed by atoms with Crippen LogP contribution in [0.4, 0.5) is 13.2 Å². The summed E-state index contributed by atoms with van der Waals surface area (Å²) in [5, 5.41) is 12.3. The molecule has 0 aliphatic rings. The third kappa shape index (κ3) is 2.50. The lowest BCUT2D eigenvalue weighted by molar-refractivity contribution is -0.258. The maximum atomic E-state index is 13.3. The molecule has 3 aromatic carbocycles. The van der Waals surface area contributed by atoms with Crippen molar-refractivity contribution < 1.29 is 18.3 Å². The molecule has 0 amide bonds. The third-order valence-corrected chi connectivity index (χ3v) is 7.00. The molecule has 4 aromatic rings. The van der Waals surface area contributed by atoms with Gasteiger partial charge in [-0.1, -0.05) is 36.4 Å². The summed E-state index contributed by atoms with van der Waals surface area (Å²) in [4.78, 5) is 0.768. The van der Waals surface area contributed by atoms with Gasteiger partial charge in [0.15, 0.2) is 19.9 Å². The van der Waals surface area contributed by atoms with Crippen molar-refractivity contribution >= 4 is 30.6 Å². The molecule has 0 aliphatic carbocycles. The number of aliphatic hydroxyl groups is 1. The Morgan fingerprint density at radius 3 is 1.85 bits per heavy atom. The number of alkyl halides is 3. The van der Waals surface area contributed by atoms with Gasteiger partial charge in [0, 0.05) is 27.3 Å². The van der Waals surface area contributed by atoms with Crippen LogP contribution in [0.5, 0.6) is 0 Å². The Balaban J connectivity index is 2.01. The van der Waals surface area contributed by atoms with Crippen molar-refractivity contribution in [3.05, 3.63) is 78.4 Å². The highest BCUT2D eigenvalue weighted by Gasteiger charge is 2.51. The molecule has 1 atom stereocenters. The van der Waals surface area contributed by atoms with Crippen molar-refractivity contribution in [3.8, 4) is 4.90 Å². The average Bonchev–Trinajstić information content (AvgIpc) is 2.95. The van der Waals surface area contributed by atoms with Gasteiger partial charge in [-0.3, -0.25) is 0 Å². The predicted octanol–water partition coefficient (Wildman–Crippen LogP) is 6.50. The average molecular weight is 373 g/mol. The zero-order chi connectivity index (χ0) is 18.5. The van der Waals surface area contributed by atoms with Gasteiger partial charge in [-0.2, -0.15) is 13.2 Å². The molecular formula is C21H16F3OS+. The molecule has 0 spiro atoms. The van der Waals surface area contributed by atoms with Crippen LogP contribution in [-0.4, -0.2) is 11.3 Å². The van der Waals surface area contributed by atoms with Gasteiger partial charge in [0.2, 0.25) is 0 Å². The summed E-state index contributed by atoms with van der Waals surface area (Å²) in [6.07, 6.45) is -4.74. The van der Waals surface area contributed by atoms with Gasteiger partial charge in [-0.05, 0) is 42.8 Å². The number of benzene rings is 3. The molecule has 1 aromatic heterocycles. The van der Waals surface area contributed by atoms with Crippen LogP contribution in [0.15, 0.2) is 72.8 Å². The standard InChI is InChI=1S/C21H16F3OS/c1-20(25,21(22,23)24)14-7-6-8-15(13-14)26-18-11-4-2-9-16(18)17-10-3-5-12-19(17)26/h2-13,25H,1H3/q+1. The fraction of sp³-hybridized carbons (Fsp3) is 0.143. The molecular weight excluding hydrogens is 357 g/mol. The molecule has 26 heavy (non-hydrogen) atoms. The van der Waals surface area contributed by atoms with Gasteiger partial charge in [0.1, 0.15) is 0 Å². The lowest BCUT2D eigenvalue weighted by Crippen LogP contribution is -2.39. The maximum Gasteiger partial charge on any atom is 0.421 e. The van der Waals surface area contributed by atoms with Crippen LogP contribution in [0.25, 0.3) is 25.1 Å². The number of hydrogen-bond acceptors (Lipinski definition) is 1. The first-order chi connectivity index (χ1) is 12.3. The van der Waals surface area contributed by atoms with Crippen LogP contribution in [0, 0.1) is 0 Å². The highest BCUT2D eigenvalue weighted by molar-refractivity contribution is 7.50. The van der Waals surface area contributed by atoms with E-state index in [4.69, 9.17) is 0 Å². The molecule has 4 rings (SSSR count). The zero-order valence-electron chi connectivity index (χ0n) is 13.9. The summed E-state index contributed by atoms with van der Waals surface area (Å²) < 4.78 is 42.0. The van der Waals surface area contributed by atoms with Crippen LogP contribution in [0.3, 0.4) is 0 Å². The zero-order valence-corrected chi connectivity index (χ0v) is 14.7. The largest absolute Gasteiger partial charge is 0.421 e. The topological polar surface area (TPSA) is 20.2 Å². The van der Waals surface area contributed by atoms with Crippen molar-refractivity contribution in [1.82, 2.24) is 0 Å². The second-order valence-electron chi connectivity index (χ2n) is 6.40. The summed E-state index contributed by atoms with van der Waals surface area (Å²) in [5.41, 5.74) is -3.03. The van der Waals surface area contributed by atoms with E-state index in [9.17, 15) is 18.3 Å². The first-order valence-corrected chi connectivity index (χ1v) is 9.35. The van der Waals surface area contributed by atoms with E-state index >= 15 is 0 Å². The number of rotatable bonds is 2. The Hall–Kier alpha value is -2.37. The Morgan fingerprint density at radius 2 is 1.31 bits per heavy atom. The van der Waals surface area contributed by atoms with E-state index < -0.39 is 22.2 Å². The first kappa shape index (κ1) is 17.1. The Labute approximate surface area is 151 Å². The summed E-state index contributed by atoms with van der Waals surface area (Å²) in [5.74, 6) is 0. The summed E-state index contributed by atoms with van der Waals surface area (Å²) in [6.45, 7) is 0.797. The Kier molecular flexibility index (Phi) is 3.82. The number of hydrogen-bond donors (Lipinski definition) is 1. The van der Waals surface area contributed by atoms with E-state index in [1.165, 1.54) is 12.1 Å². The smallest absolute Gasteiger partial charge is 0.376 e. The summed E-state index contributed by atoms with van der Waals surface area (Å²) >= 11 is 0. The minimum Gasteiger partial charge on any atom is -0.376 e. The SMILES string of the molecule is CC(O)(c1cccc(-[s+]2c3ccccc3c3ccccc32)c1)C(F)(F)F. The number of thiophene rings is 1. The fourth-order valence-corrected chi connectivity index (χ4v) is 5.63. The van der Waals surface area contributed by atoms with E-state index in [1.807, 2.05) is 54.6 Å². The van der Waals surface area contributed by atoms with E-state index in [2.05, 4.69) is 0 Å². The van der Waals surface area contributed by atoms with E-state index in [1.54, 1.807) is 6.07 Å². The van der Waals surface area contributed by atoms with Gasteiger partial charge in [-0.15, -0.1) is 0 Å². The molecule has 1 unspecified atom stereocenters. The molecule has 0 saturated heterocycles. The minimum atomic E-state index is -4.74. The molecule has 0 bridgehead atoms. The number of halogens is 3. The molecule has 132 valence electrons. The highest BCUT2D eigenvalue weighted by Crippen LogP contribution is 2.49. The van der Waals surface area contributed by atoms with E-state index in [0.29, 0.717) is 0 Å². The van der Waals surface area contributed by atoms with Gasteiger partial charge in [0.05, 0.1) is 0 Å².